The van der Waals surface area contributed by atoms with E-state index in [1.54, 1.807) is 11.4 Å². The standard InChI is InChI=1S/C14H11NO6S2/c16-11(8-12(17)14(18)19)9-3-1-4-10(7-9)15-23(20,21)13-5-2-6-22-13/h1-7,15H,8H2,(H,18,19). The van der Waals surface area contributed by atoms with E-state index in [4.69, 9.17) is 5.11 Å². The van der Waals surface area contributed by atoms with Gasteiger partial charge in [-0.3, -0.25) is 14.3 Å². The summed E-state index contributed by atoms with van der Waals surface area (Å²) >= 11 is 1.04. The number of nitrogens with one attached hydrogen (secondary N) is 1. The average molecular weight is 353 g/mol. The van der Waals surface area contributed by atoms with Crippen LogP contribution < -0.4 is 4.72 Å². The Morgan fingerprint density at radius 2 is 1.87 bits per heavy atom. The maximum absolute atomic E-state index is 12.1. The molecule has 1 heterocycles. The Morgan fingerprint density at radius 3 is 2.48 bits per heavy atom. The maximum atomic E-state index is 12.1. The fraction of sp³-hybridized carbons (Fsp3) is 0.0714. The second kappa shape index (κ2) is 6.71. The number of carbonyl (C=O) groups is 3. The van der Waals surface area contributed by atoms with Crippen molar-refractivity contribution in [1.82, 2.24) is 0 Å². The zero-order chi connectivity index (χ0) is 17.0. The van der Waals surface area contributed by atoms with Crippen LogP contribution in [-0.4, -0.2) is 31.1 Å². The molecule has 7 nitrogen and oxygen atoms in total. The van der Waals surface area contributed by atoms with Gasteiger partial charge in [0.25, 0.3) is 10.0 Å². The molecule has 0 unspecified atom stereocenters. The summed E-state index contributed by atoms with van der Waals surface area (Å²) in [4.78, 5) is 33.4. The first-order valence-corrected chi connectivity index (χ1v) is 8.61. The van der Waals surface area contributed by atoms with Gasteiger partial charge in [-0.15, -0.1) is 11.3 Å². The summed E-state index contributed by atoms with van der Waals surface area (Å²) in [5.41, 5.74) is 0.193. The van der Waals surface area contributed by atoms with Gasteiger partial charge >= 0.3 is 5.97 Å². The lowest BCUT2D eigenvalue weighted by Gasteiger charge is -2.07. The number of carboxylic acid groups (broad SMARTS) is 1. The molecular formula is C14H11NO6S2. The maximum Gasteiger partial charge on any atom is 0.372 e. The lowest BCUT2D eigenvalue weighted by atomic mass is 10.1. The molecule has 0 aliphatic heterocycles. The molecule has 0 atom stereocenters. The monoisotopic (exact) mass is 353 g/mol. The molecule has 0 saturated heterocycles. The van der Waals surface area contributed by atoms with Gasteiger partial charge in [0.15, 0.2) is 5.78 Å². The summed E-state index contributed by atoms with van der Waals surface area (Å²) in [5.74, 6) is -3.61. The van der Waals surface area contributed by atoms with Crippen molar-refractivity contribution in [2.24, 2.45) is 0 Å². The number of anilines is 1. The summed E-state index contributed by atoms with van der Waals surface area (Å²) in [6.07, 6.45) is -0.781. The SMILES string of the molecule is O=C(O)C(=O)CC(=O)c1cccc(NS(=O)(=O)c2cccs2)c1. The molecule has 0 aliphatic rings. The number of Topliss-reactive ketones (excluding diaryl/α,β-unsaturated/α-hetero) is 2. The molecule has 0 spiro atoms. The van der Waals surface area contributed by atoms with Crippen molar-refractivity contribution in [3.63, 3.8) is 0 Å². The van der Waals surface area contributed by atoms with E-state index in [0.717, 1.165) is 11.3 Å². The number of carbonyl (C=O) groups excluding carboxylic acids is 2. The third-order valence-corrected chi connectivity index (χ3v) is 5.54. The van der Waals surface area contributed by atoms with Crippen LogP contribution in [0, 0.1) is 0 Å². The van der Waals surface area contributed by atoms with Crippen molar-refractivity contribution < 1.29 is 27.9 Å². The van der Waals surface area contributed by atoms with Gasteiger partial charge in [-0.2, -0.15) is 0 Å². The second-order valence-electron chi connectivity index (χ2n) is 4.45. The minimum atomic E-state index is -3.75. The molecule has 120 valence electrons. The Balaban J connectivity index is 2.19. The highest BCUT2D eigenvalue weighted by molar-refractivity contribution is 7.94. The number of rotatable bonds is 7. The Hall–Kier alpha value is -2.52. The lowest BCUT2D eigenvalue weighted by Crippen LogP contribution is -2.17. The minimum absolute atomic E-state index is 0.0472. The van der Waals surface area contributed by atoms with E-state index >= 15 is 0 Å². The first-order chi connectivity index (χ1) is 10.8. The highest BCUT2D eigenvalue weighted by Gasteiger charge is 2.19. The third-order valence-electron chi connectivity index (χ3n) is 2.76. The van der Waals surface area contributed by atoms with Crippen LogP contribution in [0.3, 0.4) is 0 Å². The Kier molecular flexibility index (Phi) is 4.92. The van der Waals surface area contributed by atoms with Gasteiger partial charge in [0, 0.05) is 11.3 Å². The molecule has 1 aromatic heterocycles. The van der Waals surface area contributed by atoms with Crippen molar-refractivity contribution in [2.45, 2.75) is 10.6 Å². The third kappa shape index (κ3) is 4.24. The molecule has 2 rings (SSSR count). The van der Waals surface area contributed by atoms with Crippen LogP contribution in [0.5, 0.6) is 0 Å². The molecular weight excluding hydrogens is 342 g/mol. The molecule has 9 heteroatoms. The zero-order valence-electron chi connectivity index (χ0n) is 11.6. The van der Waals surface area contributed by atoms with Gasteiger partial charge in [0.2, 0.25) is 5.78 Å². The zero-order valence-corrected chi connectivity index (χ0v) is 13.2. The van der Waals surface area contributed by atoms with Gasteiger partial charge in [-0.25, -0.2) is 13.2 Å². The first kappa shape index (κ1) is 16.8. The van der Waals surface area contributed by atoms with E-state index in [0.29, 0.717) is 0 Å². The minimum Gasteiger partial charge on any atom is -0.475 e. The fourth-order valence-electron chi connectivity index (χ4n) is 1.70. The smallest absolute Gasteiger partial charge is 0.372 e. The van der Waals surface area contributed by atoms with Crippen LogP contribution >= 0.6 is 11.3 Å². The Morgan fingerprint density at radius 1 is 1.13 bits per heavy atom. The van der Waals surface area contributed by atoms with Gasteiger partial charge in [0.1, 0.15) is 4.21 Å². The predicted molar refractivity (Wildman–Crippen MR) is 83.2 cm³/mol. The van der Waals surface area contributed by atoms with E-state index < -0.39 is 34.0 Å². The summed E-state index contributed by atoms with van der Waals surface area (Å²) in [6, 6.07) is 8.54. The molecule has 23 heavy (non-hydrogen) atoms. The van der Waals surface area contributed by atoms with E-state index in [-0.39, 0.29) is 15.5 Å². The van der Waals surface area contributed by atoms with E-state index in [1.165, 1.54) is 30.3 Å². The second-order valence-corrected chi connectivity index (χ2v) is 7.30. The summed E-state index contributed by atoms with van der Waals surface area (Å²) < 4.78 is 26.6. The molecule has 0 bridgehead atoms. The van der Waals surface area contributed by atoms with Crippen LogP contribution in [0.15, 0.2) is 46.0 Å². The molecule has 0 aliphatic carbocycles. The quantitative estimate of drug-likeness (QED) is 0.445. The summed E-state index contributed by atoms with van der Waals surface area (Å²) in [7, 11) is -3.75. The topological polar surface area (TPSA) is 118 Å². The van der Waals surface area contributed by atoms with Crippen molar-refractivity contribution in [2.75, 3.05) is 4.72 Å². The van der Waals surface area contributed by atoms with E-state index in [9.17, 15) is 22.8 Å². The van der Waals surface area contributed by atoms with Crippen molar-refractivity contribution in [3.05, 3.63) is 47.3 Å². The number of hydrogen-bond acceptors (Lipinski definition) is 6. The van der Waals surface area contributed by atoms with Crippen molar-refractivity contribution in [1.29, 1.82) is 0 Å². The molecule has 0 amide bonds. The van der Waals surface area contributed by atoms with Crippen LogP contribution in [0.2, 0.25) is 0 Å². The van der Waals surface area contributed by atoms with Crippen molar-refractivity contribution in [3.8, 4) is 0 Å². The van der Waals surface area contributed by atoms with Crippen LogP contribution in [-0.2, 0) is 19.6 Å². The average Bonchev–Trinajstić information content (AvgIpc) is 3.02. The highest BCUT2D eigenvalue weighted by atomic mass is 32.2. The Bertz CT molecular complexity index is 855. The molecule has 1 aromatic carbocycles. The number of aliphatic carboxylic acids is 1. The number of sulfonamides is 1. The van der Waals surface area contributed by atoms with Crippen LogP contribution in [0.1, 0.15) is 16.8 Å². The predicted octanol–water partition coefficient (Wildman–Crippen LogP) is 1.78. The van der Waals surface area contributed by atoms with Crippen LogP contribution in [0.4, 0.5) is 5.69 Å². The van der Waals surface area contributed by atoms with Gasteiger partial charge < -0.3 is 5.11 Å². The van der Waals surface area contributed by atoms with Gasteiger partial charge in [-0.1, -0.05) is 18.2 Å². The van der Waals surface area contributed by atoms with Gasteiger partial charge in [-0.05, 0) is 23.6 Å². The molecule has 0 radical (unpaired) electrons. The van der Waals surface area contributed by atoms with Crippen LogP contribution in [0.25, 0.3) is 0 Å². The van der Waals surface area contributed by atoms with Gasteiger partial charge in [0.05, 0.1) is 6.42 Å². The lowest BCUT2D eigenvalue weighted by molar-refractivity contribution is -0.148. The number of ketones is 2. The number of hydrogen-bond donors (Lipinski definition) is 2. The van der Waals surface area contributed by atoms with E-state index in [2.05, 4.69) is 4.72 Å². The molecule has 2 N–H and O–H groups in total. The van der Waals surface area contributed by atoms with Crippen molar-refractivity contribution >= 4 is 44.6 Å². The number of carboxylic acids is 1. The largest absolute Gasteiger partial charge is 0.475 e. The fourth-order valence-corrected chi connectivity index (χ4v) is 3.74. The normalized spacial score (nSPS) is 11.0. The summed E-state index contributed by atoms with van der Waals surface area (Å²) in [6.45, 7) is 0. The van der Waals surface area contributed by atoms with E-state index in [1.807, 2.05) is 0 Å². The molecule has 2 aromatic rings. The molecule has 0 saturated carbocycles. The summed E-state index contributed by atoms with van der Waals surface area (Å²) in [5, 5.41) is 10.1. The Labute approximate surface area is 135 Å². The number of benzene rings is 1. The number of thiophene rings is 1. The first-order valence-electron chi connectivity index (χ1n) is 6.25. The molecule has 0 fully saturated rings. The highest BCUT2D eigenvalue weighted by Crippen LogP contribution is 2.21.